The largest absolute Gasteiger partial charge is 0.493 e. The third-order valence-corrected chi connectivity index (χ3v) is 12.2. The zero-order chi connectivity index (χ0) is 30.2. The van der Waals surface area contributed by atoms with Gasteiger partial charge < -0.3 is 38.8 Å². The van der Waals surface area contributed by atoms with Gasteiger partial charge in [0.1, 0.15) is 6.26 Å². The van der Waals surface area contributed by atoms with Gasteiger partial charge in [-0.2, -0.15) is 0 Å². The second-order valence-corrected chi connectivity index (χ2v) is 14.2. The first-order chi connectivity index (χ1) is 19.4. The molecule has 0 heterocycles. The van der Waals surface area contributed by atoms with Gasteiger partial charge in [0.05, 0.1) is 31.0 Å². The van der Waals surface area contributed by atoms with Gasteiger partial charge >= 0.3 is 0 Å². The lowest BCUT2D eigenvalue weighted by Crippen LogP contribution is -2.65. The van der Waals surface area contributed by atoms with Crippen molar-refractivity contribution < 1.29 is 38.8 Å². The predicted molar refractivity (Wildman–Crippen MR) is 160 cm³/mol. The number of methoxy groups -OCH3 is 2. The Kier molecular flexibility index (Phi) is 10.5. The molecule has 236 valence electrons. The molecule has 4 aliphatic carbocycles. The van der Waals surface area contributed by atoms with Crippen LogP contribution in [0.1, 0.15) is 85.5 Å². The van der Waals surface area contributed by atoms with Crippen LogP contribution in [0.5, 0.6) is 0 Å². The van der Waals surface area contributed by atoms with Gasteiger partial charge in [-0.1, -0.05) is 46.6 Å². The zero-order valence-electron chi connectivity index (χ0n) is 25.8. The molecular weight excluding hydrogens is 544 g/mol. The van der Waals surface area contributed by atoms with E-state index in [9.17, 15) is 20.4 Å². The summed E-state index contributed by atoms with van der Waals surface area (Å²) in [6.45, 7) is 9.14. The molecule has 3 fully saturated rings. The third-order valence-electron chi connectivity index (χ3n) is 12.1. The van der Waals surface area contributed by atoms with Crippen LogP contribution in [0.4, 0.5) is 0 Å². The lowest BCUT2D eigenvalue weighted by Gasteiger charge is -2.64. The Hall–Kier alpha value is -0.810. The molecule has 4 aliphatic rings. The zero-order valence-corrected chi connectivity index (χ0v) is 26.7. The molecule has 4 N–H and O–H groups in total. The normalized spacial score (nSPS) is 42.8. The summed E-state index contributed by atoms with van der Waals surface area (Å²) >= 11 is 3.69. The SMILES string of the molecule is CO/C(=C/OS)C(O)OC1C=C2C(O)CC3(OC)C(CCC4(C)C(CCCC(C)C(C)CO)C(O)CC43)C2(C)CC1. The van der Waals surface area contributed by atoms with Crippen LogP contribution in [0.15, 0.2) is 23.7 Å². The van der Waals surface area contributed by atoms with Crippen molar-refractivity contribution >= 4 is 12.9 Å². The molecule has 41 heavy (non-hydrogen) atoms. The van der Waals surface area contributed by atoms with Crippen molar-refractivity contribution in [1.82, 2.24) is 0 Å². The van der Waals surface area contributed by atoms with Crippen molar-refractivity contribution in [2.45, 2.75) is 116 Å². The van der Waals surface area contributed by atoms with Crippen LogP contribution in [-0.4, -0.2) is 71.5 Å². The van der Waals surface area contributed by atoms with E-state index in [1.807, 2.05) is 6.08 Å². The van der Waals surface area contributed by atoms with E-state index in [2.05, 4.69) is 44.8 Å². The Labute approximate surface area is 252 Å². The van der Waals surface area contributed by atoms with E-state index in [1.54, 1.807) is 7.11 Å². The van der Waals surface area contributed by atoms with E-state index in [1.165, 1.54) is 13.4 Å². The first-order valence-electron chi connectivity index (χ1n) is 15.5. The van der Waals surface area contributed by atoms with E-state index < -0.39 is 18.0 Å². The van der Waals surface area contributed by atoms with Crippen LogP contribution in [0.25, 0.3) is 0 Å². The smallest absolute Gasteiger partial charge is 0.217 e. The molecule has 12 atom stereocenters. The second-order valence-electron chi connectivity index (χ2n) is 13.9. The van der Waals surface area contributed by atoms with Gasteiger partial charge in [-0.05, 0) is 84.5 Å². The summed E-state index contributed by atoms with van der Waals surface area (Å²) in [4.78, 5) is 0. The van der Waals surface area contributed by atoms with E-state index in [0.717, 1.165) is 44.1 Å². The maximum atomic E-state index is 11.7. The minimum atomic E-state index is -1.31. The molecule has 0 saturated heterocycles. The standard InChI is InChI=1S/C32H54O8S/c1-19(20(2)17-33)8-7-9-22-24(34)15-28-30(22,3)13-11-27-31(4)12-10-21(40-29(36)26(37-5)18-39-41)14-23(31)25(35)16-32(27,28)38-6/h14,18-22,24-25,27-29,33-36,41H,7-13,15-17H2,1-6H3/b26-18+. The molecule has 0 aromatic heterocycles. The lowest BCUT2D eigenvalue weighted by molar-refractivity contribution is -0.222. The average molecular weight is 599 g/mol. The summed E-state index contributed by atoms with van der Waals surface area (Å²) in [6.07, 6.45) is 8.19. The fourth-order valence-corrected chi connectivity index (χ4v) is 9.63. The molecule has 4 rings (SSSR count). The molecule has 0 aliphatic heterocycles. The molecule has 9 heteroatoms. The van der Waals surface area contributed by atoms with E-state index in [0.29, 0.717) is 25.2 Å². The Balaban J connectivity index is 1.55. The number of hydrogen-bond donors (Lipinski definition) is 5. The Morgan fingerprint density at radius 2 is 1.85 bits per heavy atom. The number of thiol groups is 1. The van der Waals surface area contributed by atoms with Crippen molar-refractivity contribution in [3.05, 3.63) is 23.7 Å². The summed E-state index contributed by atoms with van der Waals surface area (Å²) in [5.74, 6) is 1.43. The first-order valence-corrected chi connectivity index (χ1v) is 15.9. The fourth-order valence-electron chi connectivity index (χ4n) is 9.53. The summed E-state index contributed by atoms with van der Waals surface area (Å²) in [7, 11) is 3.23. The molecule has 0 spiro atoms. The molecule has 0 amide bonds. The van der Waals surface area contributed by atoms with Crippen LogP contribution < -0.4 is 0 Å². The quantitative estimate of drug-likeness (QED) is 0.0718. The van der Waals surface area contributed by atoms with Crippen molar-refractivity contribution in [3.63, 3.8) is 0 Å². The van der Waals surface area contributed by atoms with Gasteiger partial charge in [-0.25, -0.2) is 0 Å². The molecule has 0 aromatic carbocycles. The van der Waals surface area contributed by atoms with E-state index >= 15 is 0 Å². The highest BCUT2D eigenvalue weighted by molar-refractivity contribution is 7.75. The first kappa shape index (κ1) is 33.1. The maximum absolute atomic E-state index is 11.7. The van der Waals surface area contributed by atoms with Crippen molar-refractivity contribution in [2.75, 3.05) is 20.8 Å². The predicted octanol–water partition coefficient (Wildman–Crippen LogP) is 4.76. The van der Waals surface area contributed by atoms with Crippen LogP contribution in [0.2, 0.25) is 0 Å². The highest BCUT2D eigenvalue weighted by Crippen LogP contribution is 2.69. The van der Waals surface area contributed by atoms with Gasteiger partial charge in [0.2, 0.25) is 6.29 Å². The second kappa shape index (κ2) is 13.0. The molecule has 12 unspecified atom stereocenters. The fraction of sp³-hybridized carbons (Fsp3) is 0.875. The number of hydrogen-bond acceptors (Lipinski definition) is 9. The number of rotatable bonds is 12. The maximum Gasteiger partial charge on any atom is 0.217 e. The van der Waals surface area contributed by atoms with Gasteiger partial charge in [0, 0.05) is 33.0 Å². The Morgan fingerprint density at radius 1 is 1.12 bits per heavy atom. The lowest BCUT2D eigenvalue weighted by atomic mass is 9.44. The van der Waals surface area contributed by atoms with Crippen LogP contribution in [0.3, 0.4) is 0 Å². The molecule has 0 aromatic rings. The van der Waals surface area contributed by atoms with Gasteiger partial charge in [-0.15, -0.1) is 0 Å². The highest BCUT2D eigenvalue weighted by atomic mass is 32.1. The summed E-state index contributed by atoms with van der Waals surface area (Å²) in [5.41, 5.74) is 0.123. The number of aliphatic hydroxyl groups is 4. The van der Waals surface area contributed by atoms with Crippen molar-refractivity contribution in [1.29, 1.82) is 0 Å². The molecule has 0 radical (unpaired) electrons. The molecular formula is C32H54O8S. The molecule has 8 nitrogen and oxygen atoms in total. The topological polar surface area (TPSA) is 118 Å². The monoisotopic (exact) mass is 598 g/mol. The third kappa shape index (κ3) is 5.86. The molecule has 3 saturated carbocycles. The van der Waals surface area contributed by atoms with Crippen molar-refractivity contribution in [2.24, 2.45) is 40.4 Å². The number of fused-ring (bicyclic) bond motifs is 5. The van der Waals surface area contributed by atoms with Crippen LogP contribution >= 0.6 is 12.9 Å². The van der Waals surface area contributed by atoms with Crippen LogP contribution in [-0.2, 0) is 18.4 Å². The van der Waals surface area contributed by atoms with Crippen LogP contribution in [0, 0.1) is 40.4 Å². The average Bonchev–Trinajstić information content (AvgIpc) is 3.21. The summed E-state index contributed by atoms with van der Waals surface area (Å²) in [6, 6.07) is 0. The van der Waals surface area contributed by atoms with Gasteiger partial charge in [0.25, 0.3) is 0 Å². The van der Waals surface area contributed by atoms with E-state index in [-0.39, 0.29) is 59.1 Å². The van der Waals surface area contributed by atoms with Gasteiger partial charge in [0.15, 0.2) is 5.76 Å². The summed E-state index contributed by atoms with van der Waals surface area (Å²) < 4.78 is 22.3. The minimum absolute atomic E-state index is 0.0581. The number of ether oxygens (including phenoxy) is 3. The molecule has 0 bridgehead atoms. The summed E-state index contributed by atoms with van der Waals surface area (Å²) in [5, 5.41) is 43.2. The van der Waals surface area contributed by atoms with E-state index in [4.69, 9.17) is 14.2 Å². The highest BCUT2D eigenvalue weighted by Gasteiger charge is 2.69. The Morgan fingerprint density at radius 3 is 2.49 bits per heavy atom. The van der Waals surface area contributed by atoms with Gasteiger partial charge in [-0.3, -0.25) is 0 Å². The number of aliphatic hydroxyl groups excluding tert-OH is 4. The Bertz CT molecular complexity index is 958. The van der Waals surface area contributed by atoms with Crippen molar-refractivity contribution in [3.8, 4) is 0 Å². The minimum Gasteiger partial charge on any atom is -0.493 e.